The number of aryl methyl sites for hydroxylation is 1. The standard InChI is InChI=1S/C68H94N4O18Si/c1-17-26-84-66(78)69-54-35-58(43(5)32-51(54)63(76)72-38-42(4)31-50(72)40-86-91(15,16)68(10,11)12)82-28-20-19-21-29-83-60-36-55(52(34-59(60)81-14)64(77)71-37-41(3)30-49(71)18-2)70-67(79)85-39-48-24-25-57(53(33-48)56(75)23-22-27-80-13)90-65-62(89-47(9)74)61(88-46(8)73)44(6)45(7)87-65/h17,24-25,32-38,44-45,49-50,61-62,65H,1,18-23,26-31,39-40H2,2-16H3,(H,69,78)(H,70,79)/t44-,45-,49-,50+,61+,62-,65+/m1/s1. The average molecular weight is 1280 g/mol. The van der Waals surface area contributed by atoms with Crippen LogP contribution in [-0.4, -0.2) is 144 Å². The molecule has 7 atom stereocenters. The van der Waals surface area contributed by atoms with Gasteiger partial charge in [0.2, 0.25) is 12.4 Å². The average Bonchev–Trinajstić information content (AvgIpc) is 1.77. The number of Topliss-reactive ketones (excluding diaryl/α,β-unsaturated/α-hetero) is 1. The first-order chi connectivity index (χ1) is 43.1. The molecule has 498 valence electrons. The van der Waals surface area contributed by atoms with E-state index in [1.54, 1.807) is 41.8 Å². The molecular formula is C68H94N4O18Si. The lowest BCUT2D eigenvalue weighted by Crippen LogP contribution is -2.57. The summed E-state index contributed by atoms with van der Waals surface area (Å²) in [5.41, 5.74) is 4.03. The van der Waals surface area contributed by atoms with Gasteiger partial charge in [0.1, 0.15) is 30.8 Å². The molecule has 3 aliphatic heterocycles. The SMILES string of the molecule is C=CCOC(=O)Nc1cc(OCCCCCOc2cc(NC(=O)OCc3ccc(O[C@@H]4O[C@H](C)[C@@H](C)[C@H](OC(C)=O)[C@H]4OC(C)=O)c(C(=O)CCCOC)c3)c(C(=O)N3C=C(C)C[C@H]3CC)cc2OC)c(C)cc1C(=O)N1C=C(C)C[C@H]1CO[Si](C)(C)C(C)(C)C. The number of anilines is 2. The Balaban J connectivity index is 1.15. The van der Waals surface area contributed by atoms with Crippen molar-refractivity contribution in [2.45, 2.75) is 189 Å². The summed E-state index contributed by atoms with van der Waals surface area (Å²) in [6.45, 7) is 29.2. The predicted molar refractivity (Wildman–Crippen MR) is 345 cm³/mol. The number of amides is 4. The second-order valence-electron chi connectivity index (χ2n) is 24.9. The summed E-state index contributed by atoms with van der Waals surface area (Å²) in [5, 5.41) is 5.51. The third kappa shape index (κ3) is 19.6. The molecule has 3 aliphatic rings. The van der Waals surface area contributed by atoms with E-state index in [4.69, 9.17) is 51.8 Å². The molecule has 2 N–H and O–H groups in total. The van der Waals surface area contributed by atoms with Crippen molar-refractivity contribution in [3.05, 3.63) is 106 Å². The minimum atomic E-state index is -2.12. The van der Waals surface area contributed by atoms with Crippen molar-refractivity contribution >= 4 is 61.4 Å². The Hall–Kier alpha value is -7.73. The van der Waals surface area contributed by atoms with E-state index in [9.17, 15) is 33.6 Å². The lowest BCUT2D eigenvalue weighted by atomic mass is 9.91. The number of hydrogen-bond donors (Lipinski definition) is 2. The van der Waals surface area contributed by atoms with E-state index < -0.39 is 57.0 Å². The molecule has 3 aromatic carbocycles. The van der Waals surface area contributed by atoms with E-state index in [1.807, 2.05) is 40.1 Å². The van der Waals surface area contributed by atoms with E-state index in [0.29, 0.717) is 81.6 Å². The molecule has 23 heteroatoms. The number of methoxy groups -OCH3 is 2. The van der Waals surface area contributed by atoms with Crippen molar-refractivity contribution in [2.75, 3.05) is 57.9 Å². The molecule has 91 heavy (non-hydrogen) atoms. The van der Waals surface area contributed by atoms with Gasteiger partial charge in [-0.05, 0) is 126 Å². The molecule has 4 amide bonds. The van der Waals surface area contributed by atoms with Crippen LogP contribution in [0.3, 0.4) is 0 Å². The van der Waals surface area contributed by atoms with Crippen LogP contribution in [0.1, 0.15) is 163 Å². The van der Waals surface area contributed by atoms with Gasteiger partial charge >= 0.3 is 24.1 Å². The highest BCUT2D eigenvalue weighted by Gasteiger charge is 2.48. The molecular weight excluding hydrogens is 1190 g/mol. The van der Waals surface area contributed by atoms with Crippen molar-refractivity contribution in [3.8, 4) is 23.0 Å². The Labute approximate surface area is 536 Å². The minimum Gasteiger partial charge on any atom is -0.493 e. The van der Waals surface area contributed by atoms with E-state index in [-0.39, 0.29) is 112 Å². The van der Waals surface area contributed by atoms with Gasteiger partial charge in [-0.25, -0.2) is 9.59 Å². The third-order valence-electron chi connectivity index (χ3n) is 16.7. The van der Waals surface area contributed by atoms with Crippen LogP contribution < -0.4 is 29.6 Å². The minimum absolute atomic E-state index is 0.0111. The fourth-order valence-corrected chi connectivity index (χ4v) is 11.6. The van der Waals surface area contributed by atoms with Crippen molar-refractivity contribution < 1.29 is 85.4 Å². The van der Waals surface area contributed by atoms with Crippen molar-refractivity contribution in [3.63, 3.8) is 0 Å². The van der Waals surface area contributed by atoms with Crippen LogP contribution in [0.25, 0.3) is 0 Å². The zero-order valence-electron chi connectivity index (χ0n) is 55.7. The van der Waals surface area contributed by atoms with Crippen LogP contribution in [0, 0.1) is 12.8 Å². The normalized spacial score (nSPS) is 19.7. The van der Waals surface area contributed by atoms with Gasteiger partial charge in [-0.1, -0.05) is 64.5 Å². The van der Waals surface area contributed by atoms with E-state index in [1.165, 1.54) is 58.4 Å². The summed E-state index contributed by atoms with van der Waals surface area (Å²) in [6, 6.07) is 10.7. The number of carbonyl (C=O) groups excluding carboxylic acids is 7. The Morgan fingerprint density at radius 1 is 0.703 bits per heavy atom. The largest absolute Gasteiger partial charge is 0.493 e. The number of hydrogen-bond acceptors (Lipinski definition) is 18. The molecule has 6 rings (SSSR count). The number of carbonyl (C=O) groups is 7. The van der Waals surface area contributed by atoms with Crippen molar-refractivity contribution in [1.29, 1.82) is 0 Å². The summed E-state index contributed by atoms with van der Waals surface area (Å²) >= 11 is 0. The fourth-order valence-electron chi connectivity index (χ4n) is 10.6. The highest BCUT2D eigenvalue weighted by atomic mass is 28.4. The maximum absolute atomic E-state index is 14.5. The molecule has 1 saturated heterocycles. The summed E-state index contributed by atoms with van der Waals surface area (Å²) < 4.78 is 64.9. The summed E-state index contributed by atoms with van der Waals surface area (Å²) in [5.74, 6) is -1.56. The van der Waals surface area contributed by atoms with Gasteiger partial charge in [0.15, 0.2) is 25.6 Å². The number of nitrogens with zero attached hydrogens (tertiary/aromatic N) is 2. The number of rotatable bonds is 30. The van der Waals surface area contributed by atoms with Crippen LogP contribution in [0.2, 0.25) is 18.1 Å². The van der Waals surface area contributed by atoms with Gasteiger partial charge in [-0.15, -0.1) is 0 Å². The van der Waals surface area contributed by atoms with E-state index in [0.717, 1.165) is 11.1 Å². The van der Waals surface area contributed by atoms with Crippen LogP contribution in [-0.2, 0) is 49.0 Å². The molecule has 0 spiro atoms. The van der Waals surface area contributed by atoms with Gasteiger partial charge in [0.05, 0.1) is 67.1 Å². The molecule has 22 nitrogen and oxygen atoms in total. The first-order valence-corrected chi connectivity index (χ1v) is 34.1. The molecule has 0 bridgehead atoms. The molecule has 3 heterocycles. The highest BCUT2D eigenvalue weighted by Crippen LogP contribution is 2.40. The van der Waals surface area contributed by atoms with Crippen LogP contribution in [0.15, 0.2) is 78.7 Å². The molecule has 0 aromatic heterocycles. The van der Waals surface area contributed by atoms with Gasteiger partial charge in [-0.2, -0.15) is 0 Å². The summed E-state index contributed by atoms with van der Waals surface area (Å²) in [4.78, 5) is 97.6. The number of esters is 2. The fraction of sp³-hybridized carbons (Fsp3) is 0.544. The molecule has 0 radical (unpaired) electrons. The van der Waals surface area contributed by atoms with Crippen LogP contribution >= 0.6 is 0 Å². The number of benzene rings is 3. The third-order valence-corrected chi connectivity index (χ3v) is 21.2. The summed E-state index contributed by atoms with van der Waals surface area (Å²) in [6.07, 6.45) is 3.87. The quantitative estimate of drug-likeness (QED) is 0.0157. The van der Waals surface area contributed by atoms with Gasteiger partial charge in [0.25, 0.3) is 11.8 Å². The van der Waals surface area contributed by atoms with Gasteiger partial charge < -0.3 is 61.6 Å². The van der Waals surface area contributed by atoms with E-state index >= 15 is 0 Å². The zero-order valence-corrected chi connectivity index (χ0v) is 56.7. The lowest BCUT2D eigenvalue weighted by Gasteiger charge is -2.43. The maximum atomic E-state index is 14.5. The monoisotopic (exact) mass is 1280 g/mol. The second kappa shape index (κ2) is 33.0. The Morgan fingerprint density at radius 3 is 1.88 bits per heavy atom. The number of unbranched alkanes of at least 4 members (excludes halogenated alkanes) is 2. The van der Waals surface area contributed by atoms with Crippen molar-refractivity contribution in [1.82, 2.24) is 9.80 Å². The molecule has 0 saturated carbocycles. The summed E-state index contributed by atoms with van der Waals surface area (Å²) in [7, 11) is 0.865. The smallest absolute Gasteiger partial charge is 0.411 e. The van der Waals surface area contributed by atoms with E-state index in [2.05, 4.69) is 51.1 Å². The Morgan fingerprint density at radius 2 is 1.29 bits per heavy atom. The Bertz CT molecular complexity index is 3170. The predicted octanol–water partition coefficient (Wildman–Crippen LogP) is 13.0. The van der Waals surface area contributed by atoms with Gasteiger partial charge in [0, 0.05) is 70.5 Å². The lowest BCUT2D eigenvalue weighted by molar-refractivity contribution is -0.263. The van der Waals surface area contributed by atoms with Crippen LogP contribution in [0.4, 0.5) is 21.0 Å². The molecule has 0 aliphatic carbocycles. The number of ether oxygens (including phenoxy) is 10. The first kappa shape index (κ1) is 72.3. The van der Waals surface area contributed by atoms with Crippen LogP contribution in [0.5, 0.6) is 23.0 Å². The molecule has 1 fully saturated rings. The molecule has 0 unspecified atom stereocenters. The Kier molecular flexibility index (Phi) is 26.2. The molecule has 3 aromatic rings. The van der Waals surface area contributed by atoms with Gasteiger partial charge in [-0.3, -0.25) is 34.6 Å². The highest BCUT2D eigenvalue weighted by molar-refractivity contribution is 6.74. The first-order valence-electron chi connectivity index (χ1n) is 31.2. The number of nitrogens with one attached hydrogen (secondary N) is 2. The zero-order chi connectivity index (χ0) is 66.9. The topological polar surface area (TPSA) is 252 Å². The number of ketones is 1. The van der Waals surface area contributed by atoms with Crippen molar-refractivity contribution in [2.24, 2.45) is 5.92 Å². The second-order valence-corrected chi connectivity index (χ2v) is 29.7. The maximum Gasteiger partial charge on any atom is 0.411 e.